The van der Waals surface area contributed by atoms with Crippen LogP contribution in [0.1, 0.15) is 11.5 Å². The molecular weight excluding hydrogens is 318 g/mol. The second kappa shape index (κ2) is 8.20. The molecule has 1 atom stereocenters. The van der Waals surface area contributed by atoms with Gasteiger partial charge in [-0.25, -0.2) is 0 Å². The molecule has 1 aromatic rings. The van der Waals surface area contributed by atoms with Gasteiger partial charge in [0, 0.05) is 32.7 Å². The van der Waals surface area contributed by atoms with Crippen molar-refractivity contribution in [3.05, 3.63) is 34.3 Å². The van der Waals surface area contributed by atoms with Gasteiger partial charge in [0.05, 0.1) is 6.61 Å². The predicted molar refractivity (Wildman–Crippen MR) is 89.8 cm³/mol. The summed E-state index contributed by atoms with van der Waals surface area (Å²) in [6.45, 7) is 10.0. The monoisotopic (exact) mass is 343 g/mol. The van der Waals surface area contributed by atoms with E-state index >= 15 is 0 Å². The highest BCUT2D eigenvalue weighted by atomic mass is 79.9. The Bertz CT molecular complexity index is 379. The molecule has 0 heterocycles. The average molecular weight is 344 g/mol. The van der Waals surface area contributed by atoms with Crippen molar-refractivity contribution in [2.24, 2.45) is 0 Å². The molecular formula is C15H26BrNOSi. The average Bonchev–Trinajstić information content (AvgIpc) is 2.32. The van der Waals surface area contributed by atoms with E-state index in [1.165, 1.54) is 16.1 Å². The summed E-state index contributed by atoms with van der Waals surface area (Å²) in [7, 11) is 0.670. The van der Waals surface area contributed by atoms with Crippen LogP contribution < -0.4 is 5.32 Å². The van der Waals surface area contributed by atoms with E-state index in [0.29, 0.717) is 5.92 Å². The fraction of sp³-hybridized carbons (Fsp3) is 0.600. The highest BCUT2D eigenvalue weighted by Gasteiger charge is 2.21. The van der Waals surface area contributed by atoms with E-state index in [2.05, 4.69) is 65.2 Å². The first kappa shape index (κ1) is 16.9. The molecule has 1 N–H and O–H groups in total. The van der Waals surface area contributed by atoms with Gasteiger partial charge in [0.2, 0.25) is 0 Å². The molecule has 0 aliphatic carbocycles. The standard InChI is InChI=1S/C15H26BrNOSi/c1-18-9-8-17-11-14(12-19(2,3)4)13-6-5-7-15(16)10-13/h5-7,10,14,17H,8-9,11-12H2,1-4H3. The summed E-state index contributed by atoms with van der Waals surface area (Å²) in [5, 5.41) is 3.51. The maximum atomic E-state index is 5.09. The molecule has 4 heteroatoms. The second-order valence-corrected chi connectivity index (χ2v) is 12.7. The van der Waals surface area contributed by atoms with E-state index in [1.807, 2.05) is 0 Å². The number of benzene rings is 1. The van der Waals surface area contributed by atoms with E-state index in [1.54, 1.807) is 7.11 Å². The number of hydrogen-bond donors (Lipinski definition) is 1. The molecule has 19 heavy (non-hydrogen) atoms. The van der Waals surface area contributed by atoms with Crippen molar-refractivity contribution in [2.45, 2.75) is 31.6 Å². The number of ether oxygens (including phenoxy) is 1. The van der Waals surface area contributed by atoms with Crippen molar-refractivity contribution >= 4 is 24.0 Å². The molecule has 0 amide bonds. The Hall–Kier alpha value is -0.163. The van der Waals surface area contributed by atoms with Crippen LogP contribution in [0, 0.1) is 0 Å². The Morgan fingerprint density at radius 2 is 2.05 bits per heavy atom. The van der Waals surface area contributed by atoms with Crippen molar-refractivity contribution in [3.8, 4) is 0 Å². The second-order valence-electron chi connectivity index (χ2n) is 6.21. The zero-order valence-electron chi connectivity index (χ0n) is 12.5. The minimum Gasteiger partial charge on any atom is -0.383 e. The zero-order valence-corrected chi connectivity index (χ0v) is 15.1. The molecule has 0 saturated heterocycles. The SMILES string of the molecule is COCCNCC(C[Si](C)(C)C)c1cccc(Br)c1. The lowest BCUT2D eigenvalue weighted by Gasteiger charge is -2.25. The zero-order chi connectivity index (χ0) is 14.3. The summed E-state index contributed by atoms with van der Waals surface area (Å²) in [6.07, 6.45) is 0. The van der Waals surface area contributed by atoms with Crippen molar-refractivity contribution < 1.29 is 4.74 Å². The van der Waals surface area contributed by atoms with Gasteiger partial charge in [0.15, 0.2) is 0 Å². The van der Waals surface area contributed by atoms with Crippen LogP contribution in [0.5, 0.6) is 0 Å². The minimum absolute atomic E-state index is 0.598. The molecule has 0 bridgehead atoms. The van der Waals surface area contributed by atoms with Gasteiger partial charge in [-0.3, -0.25) is 0 Å². The van der Waals surface area contributed by atoms with Gasteiger partial charge in [-0.15, -0.1) is 0 Å². The summed E-state index contributed by atoms with van der Waals surface area (Å²) in [5.41, 5.74) is 1.43. The first-order valence-corrected chi connectivity index (χ1v) is 11.4. The summed E-state index contributed by atoms with van der Waals surface area (Å²) in [5.74, 6) is 0.598. The first-order chi connectivity index (χ1) is 8.92. The summed E-state index contributed by atoms with van der Waals surface area (Å²) in [6, 6.07) is 10.0. The molecule has 108 valence electrons. The fourth-order valence-corrected chi connectivity index (χ4v) is 4.53. The Labute approximate surface area is 127 Å². The molecule has 0 aromatic heterocycles. The number of rotatable bonds is 8. The van der Waals surface area contributed by atoms with Gasteiger partial charge in [0.1, 0.15) is 0 Å². The normalized spacial score (nSPS) is 13.5. The van der Waals surface area contributed by atoms with Gasteiger partial charge >= 0.3 is 0 Å². The molecule has 0 aliphatic heterocycles. The maximum absolute atomic E-state index is 5.09. The van der Waals surface area contributed by atoms with Crippen LogP contribution >= 0.6 is 15.9 Å². The largest absolute Gasteiger partial charge is 0.383 e. The van der Waals surface area contributed by atoms with Gasteiger partial charge in [-0.2, -0.15) is 0 Å². The van der Waals surface area contributed by atoms with Crippen LogP contribution in [0.4, 0.5) is 0 Å². The molecule has 1 rings (SSSR count). The summed E-state index contributed by atoms with van der Waals surface area (Å²) >= 11 is 3.57. The highest BCUT2D eigenvalue weighted by molar-refractivity contribution is 9.10. The predicted octanol–water partition coefficient (Wildman–Crippen LogP) is 4.11. The third-order valence-electron chi connectivity index (χ3n) is 3.05. The first-order valence-electron chi connectivity index (χ1n) is 6.87. The number of halogens is 1. The van der Waals surface area contributed by atoms with Gasteiger partial charge in [0.25, 0.3) is 0 Å². The molecule has 1 unspecified atom stereocenters. The van der Waals surface area contributed by atoms with Crippen molar-refractivity contribution in [3.63, 3.8) is 0 Å². The summed E-state index contributed by atoms with van der Waals surface area (Å²) in [4.78, 5) is 0. The van der Waals surface area contributed by atoms with Crippen LogP contribution in [0.2, 0.25) is 25.7 Å². The molecule has 0 aliphatic rings. The van der Waals surface area contributed by atoms with Crippen LogP contribution in [0.25, 0.3) is 0 Å². The summed E-state index contributed by atoms with van der Waals surface area (Å²) < 4.78 is 6.26. The number of hydrogen-bond acceptors (Lipinski definition) is 2. The molecule has 0 fully saturated rings. The van der Waals surface area contributed by atoms with Crippen LogP contribution in [0.3, 0.4) is 0 Å². The quantitative estimate of drug-likeness (QED) is 0.566. The lowest BCUT2D eigenvalue weighted by molar-refractivity contribution is 0.199. The smallest absolute Gasteiger partial charge is 0.0587 e. The van der Waals surface area contributed by atoms with Crippen LogP contribution in [-0.4, -0.2) is 34.9 Å². The van der Waals surface area contributed by atoms with Crippen LogP contribution in [0.15, 0.2) is 28.7 Å². The van der Waals surface area contributed by atoms with Crippen molar-refractivity contribution in [1.29, 1.82) is 0 Å². The highest BCUT2D eigenvalue weighted by Crippen LogP contribution is 2.27. The van der Waals surface area contributed by atoms with Crippen molar-refractivity contribution in [2.75, 3.05) is 26.8 Å². The van der Waals surface area contributed by atoms with E-state index in [4.69, 9.17) is 4.74 Å². The van der Waals surface area contributed by atoms with E-state index in [9.17, 15) is 0 Å². The number of nitrogens with one attached hydrogen (secondary N) is 1. The maximum Gasteiger partial charge on any atom is 0.0587 e. The lowest BCUT2D eigenvalue weighted by Crippen LogP contribution is -2.30. The molecule has 0 saturated carbocycles. The number of methoxy groups -OCH3 is 1. The fourth-order valence-electron chi connectivity index (χ4n) is 2.26. The third kappa shape index (κ3) is 7.25. The molecule has 1 aromatic carbocycles. The Morgan fingerprint density at radius 1 is 1.32 bits per heavy atom. The third-order valence-corrected chi connectivity index (χ3v) is 5.26. The van der Waals surface area contributed by atoms with E-state index in [0.717, 1.165) is 19.7 Å². The minimum atomic E-state index is -1.08. The van der Waals surface area contributed by atoms with Crippen LogP contribution in [-0.2, 0) is 4.74 Å². The van der Waals surface area contributed by atoms with E-state index in [-0.39, 0.29) is 0 Å². The molecule has 2 nitrogen and oxygen atoms in total. The Kier molecular flexibility index (Phi) is 7.29. The molecule has 0 spiro atoms. The Balaban J connectivity index is 2.68. The van der Waals surface area contributed by atoms with Crippen molar-refractivity contribution in [1.82, 2.24) is 5.32 Å². The Morgan fingerprint density at radius 3 is 2.63 bits per heavy atom. The van der Waals surface area contributed by atoms with E-state index < -0.39 is 8.07 Å². The molecule has 0 radical (unpaired) electrons. The van der Waals surface area contributed by atoms with Gasteiger partial charge in [-0.1, -0.05) is 47.7 Å². The topological polar surface area (TPSA) is 21.3 Å². The van der Waals surface area contributed by atoms with Gasteiger partial charge < -0.3 is 10.1 Å². The lowest BCUT2D eigenvalue weighted by atomic mass is 10.0. The van der Waals surface area contributed by atoms with Gasteiger partial charge in [-0.05, 0) is 29.7 Å².